The Morgan fingerprint density at radius 3 is 2.67 bits per heavy atom. The van der Waals surface area contributed by atoms with Crippen molar-refractivity contribution in [1.82, 2.24) is 9.80 Å². The molecular weight excluding hydrogens is 362 g/mol. The molecule has 2 aromatic rings. The van der Waals surface area contributed by atoms with E-state index < -0.39 is 12.1 Å². The van der Waals surface area contributed by atoms with E-state index in [9.17, 15) is 14.4 Å². The predicted molar refractivity (Wildman–Crippen MR) is 104 cm³/mol. The summed E-state index contributed by atoms with van der Waals surface area (Å²) in [6.45, 7) is 4.63. The van der Waals surface area contributed by atoms with Crippen molar-refractivity contribution in [3.05, 3.63) is 51.7 Å². The van der Waals surface area contributed by atoms with Gasteiger partial charge in [-0.3, -0.25) is 19.4 Å². The molecule has 0 spiro atoms. The van der Waals surface area contributed by atoms with E-state index in [-0.39, 0.29) is 18.4 Å². The van der Waals surface area contributed by atoms with Crippen LogP contribution in [0, 0.1) is 6.92 Å². The first-order chi connectivity index (χ1) is 13.0. The number of imide groups is 1. The summed E-state index contributed by atoms with van der Waals surface area (Å²) in [7, 11) is 0. The van der Waals surface area contributed by atoms with E-state index in [1.165, 1.54) is 9.78 Å². The fraction of sp³-hybridized carbons (Fsp3) is 0.350. The Balaban J connectivity index is 1.49. The third kappa shape index (κ3) is 3.12. The molecular formula is C20H21N3O3S. The molecule has 0 radical (unpaired) electrons. The van der Waals surface area contributed by atoms with Crippen LogP contribution in [0.5, 0.6) is 0 Å². The molecule has 0 aliphatic carbocycles. The SMILES string of the molecule is Cc1ccc(N2C(=O)N(CC(=O)N3CCc4sccc4C3)C(=O)C2C)cc1. The van der Waals surface area contributed by atoms with Crippen LogP contribution in [0.2, 0.25) is 0 Å². The fourth-order valence-corrected chi connectivity index (χ4v) is 4.50. The van der Waals surface area contributed by atoms with Gasteiger partial charge in [-0.2, -0.15) is 0 Å². The summed E-state index contributed by atoms with van der Waals surface area (Å²) in [5, 5.41) is 2.04. The predicted octanol–water partition coefficient (Wildman–Crippen LogP) is 2.80. The molecule has 1 atom stereocenters. The summed E-state index contributed by atoms with van der Waals surface area (Å²) in [6, 6.07) is 8.44. The van der Waals surface area contributed by atoms with Crippen molar-refractivity contribution in [2.24, 2.45) is 0 Å². The van der Waals surface area contributed by atoms with E-state index in [0.29, 0.717) is 18.8 Å². The van der Waals surface area contributed by atoms with Crippen LogP contribution in [0.25, 0.3) is 0 Å². The molecule has 0 N–H and O–H groups in total. The van der Waals surface area contributed by atoms with Crippen molar-refractivity contribution in [3.63, 3.8) is 0 Å². The van der Waals surface area contributed by atoms with Gasteiger partial charge in [0.15, 0.2) is 0 Å². The number of hydrogen-bond acceptors (Lipinski definition) is 4. The molecule has 1 saturated heterocycles. The number of carbonyl (C=O) groups excluding carboxylic acids is 3. The van der Waals surface area contributed by atoms with Gasteiger partial charge in [0.1, 0.15) is 12.6 Å². The van der Waals surface area contributed by atoms with Crippen LogP contribution in [-0.4, -0.2) is 46.8 Å². The van der Waals surface area contributed by atoms with Crippen LogP contribution in [0.3, 0.4) is 0 Å². The second-order valence-corrected chi connectivity index (χ2v) is 8.02. The maximum absolute atomic E-state index is 12.8. The number of carbonyl (C=O) groups is 3. The maximum atomic E-state index is 12.8. The molecule has 0 bridgehead atoms. The van der Waals surface area contributed by atoms with Gasteiger partial charge in [0.25, 0.3) is 5.91 Å². The summed E-state index contributed by atoms with van der Waals surface area (Å²) in [4.78, 5) is 43.8. The number of thiophene rings is 1. The number of anilines is 1. The largest absolute Gasteiger partial charge is 0.336 e. The molecule has 0 saturated carbocycles. The van der Waals surface area contributed by atoms with Gasteiger partial charge >= 0.3 is 6.03 Å². The molecule has 1 aromatic heterocycles. The summed E-state index contributed by atoms with van der Waals surface area (Å²) < 4.78 is 0. The van der Waals surface area contributed by atoms with Crippen LogP contribution in [-0.2, 0) is 22.6 Å². The molecule has 6 nitrogen and oxygen atoms in total. The van der Waals surface area contributed by atoms with Crippen molar-refractivity contribution in [2.75, 3.05) is 18.0 Å². The Kier molecular flexibility index (Phi) is 4.47. The van der Waals surface area contributed by atoms with Crippen LogP contribution >= 0.6 is 11.3 Å². The second-order valence-electron chi connectivity index (χ2n) is 7.02. The first-order valence-electron chi connectivity index (χ1n) is 9.00. The average Bonchev–Trinajstić information content (AvgIpc) is 3.21. The van der Waals surface area contributed by atoms with Gasteiger partial charge in [-0.15, -0.1) is 11.3 Å². The highest BCUT2D eigenvalue weighted by Gasteiger charge is 2.44. The van der Waals surface area contributed by atoms with Crippen LogP contribution in [0.1, 0.15) is 22.9 Å². The highest BCUT2D eigenvalue weighted by Crippen LogP contribution is 2.27. The zero-order chi connectivity index (χ0) is 19.1. The van der Waals surface area contributed by atoms with E-state index in [1.807, 2.05) is 42.6 Å². The average molecular weight is 383 g/mol. The Bertz CT molecular complexity index is 905. The van der Waals surface area contributed by atoms with Crippen molar-refractivity contribution in [3.8, 4) is 0 Å². The number of urea groups is 1. The van der Waals surface area contributed by atoms with Crippen molar-refractivity contribution < 1.29 is 14.4 Å². The van der Waals surface area contributed by atoms with Crippen LogP contribution in [0.15, 0.2) is 35.7 Å². The Labute approximate surface area is 162 Å². The van der Waals surface area contributed by atoms with Crippen LogP contribution < -0.4 is 4.90 Å². The number of benzene rings is 1. The molecule has 1 fully saturated rings. The highest BCUT2D eigenvalue weighted by atomic mass is 32.1. The van der Waals surface area contributed by atoms with Gasteiger partial charge < -0.3 is 4.90 Å². The Morgan fingerprint density at radius 2 is 1.93 bits per heavy atom. The number of amides is 4. The third-order valence-electron chi connectivity index (χ3n) is 5.21. The number of fused-ring (bicyclic) bond motifs is 1. The van der Waals surface area contributed by atoms with Gasteiger partial charge in [-0.05, 0) is 49.4 Å². The minimum Gasteiger partial charge on any atom is -0.336 e. The van der Waals surface area contributed by atoms with Gasteiger partial charge in [-0.1, -0.05) is 17.7 Å². The summed E-state index contributed by atoms with van der Waals surface area (Å²) in [5.41, 5.74) is 2.91. The van der Waals surface area contributed by atoms with Gasteiger partial charge in [0, 0.05) is 23.7 Å². The monoisotopic (exact) mass is 383 g/mol. The molecule has 27 heavy (non-hydrogen) atoms. The standard InChI is InChI=1S/C20H21N3O3S/c1-13-3-5-16(6-4-13)23-14(2)19(25)22(20(23)26)12-18(24)21-9-7-17-15(11-21)8-10-27-17/h3-6,8,10,14H,7,9,11-12H2,1-2H3. The van der Waals surface area contributed by atoms with Crippen molar-refractivity contribution >= 4 is 34.9 Å². The first kappa shape index (κ1) is 17.7. The van der Waals surface area contributed by atoms with Gasteiger partial charge in [-0.25, -0.2) is 4.79 Å². The lowest BCUT2D eigenvalue weighted by Gasteiger charge is -2.28. The minimum atomic E-state index is -0.613. The number of nitrogens with zero attached hydrogens (tertiary/aromatic N) is 3. The van der Waals surface area contributed by atoms with E-state index in [1.54, 1.807) is 23.2 Å². The molecule has 4 rings (SSSR count). The van der Waals surface area contributed by atoms with Gasteiger partial charge in [0.05, 0.1) is 0 Å². The lowest BCUT2D eigenvalue weighted by atomic mass is 10.1. The number of hydrogen-bond donors (Lipinski definition) is 0. The molecule has 2 aliphatic heterocycles. The molecule has 3 heterocycles. The molecule has 140 valence electrons. The molecule has 7 heteroatoms. The van der Waals surface area contributed by atoms with E-state index in [2.05, 4.69) is 0 Å². The van der Waals surface area contributed by atoms with E-state index >= 15 is 0 Å². The van der Waals surface area contributed by atoms with E-state index in [4.69, 9.17) is 0 Å². The zero-order valence-corrected chi connectivity index (χ0v) is 16.2. The van der Waals surface area contributed by atoms with Gasteiger partial charge in [0.2, 0.25) is 5.91 Å². The van der Waals surface area contributed by atoms with Crippen molar-refractivity contribution in [2.45, 2.75) is 32.9 Å². The quantitative estimate of drug-likeness (QED) is 0.766. The van der Waals surface area contributed by atoms with E-state index in [0.717, 1.165) is 22.4 Å². The lowest BCUT2D eigenvalue weighted by Crippen LogP contribution is -2.45. The topological polar surface area (TPSA) is 60.9 Å². The number of aryl methyl sites for hydroxylation is 1. The first-order valence-corrected chi connectivity index (χ1v) is 9.88. The second kappa shape index (κ2) is 6.81. The molecule has 1 aromatic carbocycles. The highest BCUT2D eigenvalue weighted by molar-refractivity contribution is 7.10. The normalized spacial score (nSPS) is 19.6. The third-order valence-corrected chi connectivity index (χ3v) is 6.24. The number of rotatable bonds is 3. The zero-order valence-electron chi connectivity index (χ0n) is 15.3. The maximum Gasteiger partial charge on any atom is 0.332 e. The molecule has 4 amide bonds. The summed E-state index contributed by atoms with van der Waals surface area (Å²) in [6.07, 6.45) is 0.826. The summed E-state index contributed by atoms with van der Waals surface area (Å²) in [5.74, 6) is -0.520. The fourth-order valence-electron chi connectivity index (χ4n) is 3.61. The minimum absolute atomic E-state index is 0.188. The van der Waals surface area contributed by atoms with Crippen LogP contribution in [0.4, 0.5) is 10.5 Å². The lowest BCUT2D eigenvalue weighted by molar-refractivity contribution is -0.137. The molecule has 1 unspecified atom stereocenters. The van der Waals surface area contributed by atoms with Crippen molar-refractivity contribution in [1.29, 1.82) is 0 Å². The Hall–Kier alpha value is -2.67. The Morgan fingerprint density at radius 1 is 1.19 bits per heavy atom. The smallest absolute Gasteiger partial charge is 0.332 e. The summed E-state index contributed by atoms with van der Waals surface area (Å²) >= 11 is 1.71. The molecule has 2 aliphatic rings.